The number of nitrogens with zero attached hydrogens (tertiary/aromatic N) is 2. The largest absolute Gasteiger partial charge is 0.316 e. The molecule has 1 aliphatic rings. The van der Waals surface area contributed by atoms with E-state index < -0.39 is 0 Å². The van der Waals surface area contributed by atoms with Crippen molar-refractivity contribution in [3.8, 4) is 11.4 Å². The smallest absolute Gasteiger partial charge is 0.181 e. The quantitative estimate of drug-likeness (QED) is 0.910. The maximum atomic E-state index is 4.53. The minimum Gasteiger partial charge on any atom is -0.316 e. The van der Waals surface area contributed by atoms with Gasteiger partial charge in [-0.2, -0.15) is 5.10 Å². The topological polar surface area (TPSA) is 53.6 Å². The summed E-state index contributed by atoms with van der Waals surface area (Å²) in [6.45, 7) is 2.18. The third-order valence-electron chi connectivity index (χ3n) is 2.96. The van der Waals surface area contributed by atoms with Gasteiger partial charge in [0.1, 0.15) is 5.82 Å². The van der Waals surface area contributed by atoms with Crippen molar-refractivity contribution in [3.63, 3.8) is 0 Å². The van der Waals surface area contributed by atoms with Crippen LogP contribution in [0.15, 0.2) is 28.7 Å². The molecule has 2 N–H and O–H groups in total. The van der Waals surface area contributed by atoms with Gasteiger partial charge in [-0.05, 0) is 31.1 Å². The SMILES string of the molecule is Brc1cccc(-c2n[nH]c(CC3CNC3)n2)c1. The van der Waals surface area contributed by atoms with Gasteiger partial charge < -0.3 is 5.32 Å². The molecule has 0 spiro atoms. The van der Waals surface area contributed by atoms with Gasteiger partial charge in [0.05, 0.1) is 0 Å². The number of aromatic nitrogens is 3. The summed E-state index contributed by atoms with van der Waals surface area (Å²) in [4.78, 5) is 4.53. The van der Waals surface area contributed by atoms with Crippen molar-refractivity contribution >= 4 is 15.9 Å². The monoisotopic (exact) mass is 292 g/mol. The van der Waals surface area contributed by atoms with E-state index in [0.29, 0.717) is 5.92 Å². The van der Waals surface area contributed by atoms with Crippen LogP contribution in [0.1, 0.15) is 5.82 Å². The van der Waals surface area contributed by atoms with Crippen molar-refractivity contribution in [2.75, 3.05) is 13.1 Å². The van der Waals surface area contributed by atoms with Crippen molar-refractivity contribution in [2.45, 2.75) is 6.42 Å². The number of H-pyrrole nitrogens is 1. The van der Waals surface area contributed by atoms with Crippen LogP contribution >= 0.6 is 15.9 Å². The molecule has 17 heavy (non-hydrogen) atoms. The number of halogens is 1. The lowest BCUT2D eigenvalue weighted by atomic mass is 9.99. The Morgan fingerprint density at radius 1 is 1.35 bits per heavy atom. The summed E-state index contributed by atoms with van der Waals surface area (Å²) in [6.07, 6.45) is 0.980. The summed E-state index contributed by atoms with van der Waals surface area (Å²) in [5.41, 5.74) is 1.04. The number of aromatic amines is 1. The summed E-state index contributed by atoms with van der Waals surface area (Å²) in [6, 6.07) is 8.03. The molecule has 2 heterocycles. The van der Waals surface area contributed by atoms with Gasteiger partial charge in [-0.25, -0.2) is 4.98 Å². The summed E-state index contributed by atoms with van der Waals surface area (Å²) in [5.74, 6) is 2.46. The molecule has 2 aromatic rings. The zero-order valence-corrected chi connectivity index (χ0v) is 10.9. The first-order chi connectivity index (χ1) is 8.31. The van der Waals surface area contributed by atoms with E-state index in [2.05, 4.69) is 36.4 Å². The number of benzene rings is 1. The lowest BCUT2D eigenvalue weighted by Gasteiger charge is -2.25. The van der Waals surface area contributed by atoms with E-state index in [1.807, 2.05) is 24.3 Å². The third-order valence-corrected chi connectivity index (χ3v) is 3.46. The lowest BCUT2D eigenvalue weighted by molar-refractivity contribution is 0.341. The Labute approximate surface area is 108 Å². The molecule has 1 saturated heterocycles. The fraction of sp³-hybridized carbons (Fsp3) is 0.333. The van der Waals surface area contributed by atoms with Crippen LogP contribution in [0.5, 0.6) is 0 Å². The van der Waals surface area contributed by atoms with E-state index in [9.17, 15) is 0 Å². The molecule has 0 radical (unpaired) electrons. The molecule has 1 aliphatic heterocycles. The highest BCUT2D eigenvalue weighted by Crippen LogP contribution is 2.20. The Hall–Kier alpha value is -1.20. The van der Waals surface area contributed by atoms with Crippen LogP contribution in [0.25, 0.3) is 11.4 Å². The van der Waals surface area contributed by atoms with Gasteiger partial charge in [-0.15, -0.1) is 0 Å². The van der Waals surface area contributed by atoms with E-state index in [4.69, 9.17) is 0 Å². The highest BCUT2D eigenvalue weighted by Gasteiger charge is 2.19. The van der Waals surface area contributed by atoms with Crippen LogP contribution in [0, 0.1) is 5.92 Å². The number of nitrogens with one attached hydrogen (secondary N) is 2. The van der Waals surface area contributed by atoms with Crippen LogP contribution in [0.4, 0.5) is 0 Å². The van der Waals surface area contributed by atoms with E-state index >= 15 is 0 Å². The summed E-state index contributed by atoms with van der Waals surface area (Å²) >= 11 is 3.45. The molecular weight excluding hydrogens is 280 g/mol. The molecule has 1 aromatic carbocycles. The lowest BCUT2D eigenvalue weighted by Crippen LogP contribution is -2.43. The van der Waals surface area contributed by atoms with Crippen LogP contribution in [-0.4, -0.2) is 28.3 Å². The predicted molar refractivity (Wildman–Crippen MR) is 69.6 cm³/mol. The Balaban J connectivity index is 1.79. The Kier molecular flexibility index (Phi) is 2.94. The summed E-state index contributed by atoms with van der Waals surface area (Å²) in [5, 5.41) is 10.5. The Morgan fingerprint density at radius 3 is 2.94 bits per heavy atom. The normalized spacial score (nSPS) is 15.8. The van der Waals surface area contributed by atoms with Crippen molar-refractivity contribution in [1.82, 2.24) is 20.5 Å². The van der Waals surface area contributed by atoms with Crippen LogP contribution < -0.4 is 5.32 Å². The molecule has 1 aromatic heterocycles. The third kappa shape index (κ3) is 2.40. The van der Waals surface area contributed by atoms with E-state index in [-0.39, 0.29) is 0 Å². The highest BCUT2D eigenvalue weighted by atomic mass is 79.9. The summed E-state index contributed by atoms with van der Waals surface area (Å²) in [7, 11) is 0. The van der Waals surface area contributed by atoms with Gasteiger partial charge >= 0.3 is 0 Å². The minimum atomic E-state index is 0.707. The zero-order valence-electron chi connectivity index (χ0n) is 9.28. The first-order valence-corrected chi connectivity index (χ1v) is 6.48. The number of rotatable bonds is 3. The average Bonchev–Trinajstić information content (AvgIpc) is 2.72. The van der Waals surface area contributed by atoms with Gasteiger partial charge in [0, 0.05) is 16.5 Å². The fourth-order valence-electron chi connectivity index (χ4n) is 1.91. The van der Waals surface area contributed by atoms with E-state index in [1.54, 1.807) is 0 Å². The van der Waals surface area contributed by atoms with E-state index in [0.717, 1.165) is 41.2 Å². The van der Waals surface area contributed by atoms with Gasteiger partial charge in [0.25, 0.3) is 0 Å². The van der Waals surface area contributed by atoms with Crippen molar-refractivity contribution in [3.05, 3.63) is 34.6 Å². The van der Waals surface area contributed by atoms with Gasteiger partial charge in [0.15, 0.2) is 5.82 Å². The predicted octanol–water partition coefficient (Wildman–Crippen LogP) is 2.00. The van der Waals surface area contributed by atoms with Crippen LogP contribution in [0.3, 0.4) is 0 Å². The molecule has 1 fully saturated rings. The molecule has 0 aliphatic carbocycles. The molecule has 0 amide bonds. The molecule has 5 heteroatoms. The van der Waals surface area contributed by atoms with Gasteiger partial charge in [-0.3, -0.25) is 5.10 Å². The van der Waals surface area contributed by atoms with Crippen molar-refractivity contribution in [2.24, 2.45) is 5.92 Å². The molecule has 4 nitrogen and oxygen atoms in total. The average molecular weight is 293 g/mol. The standard InChI is InChI=1S/C12H13BrN4/c13-10-3-1-2-9(5-10)12-15-11(16-17-12)4-8-6-14-7-8/h1-3,5,8,14H,4,6-7H2,(H,15,16,17). The number of hydrogen-bond donors (Lipinski definition) is 2. The highest BCUT2D eigenvalue weighted by molar-refractivity contribution is 9.10. The molecule has 0 unspecified atom stereocenters. The maximum absolute atomic E-state index is 4.53. The summed E-state index contributed by atoms with van der Waals surface area (Å²) < 4.78 is 1.05. The van der Waals surface area contributed by atoms with Crippen molar-refractivity contribution in [1.29, 1.82) is 0 Å². The Morgan fingerprint density at radius 2 is 2.24 bits per heavy atom. The maximum Gasteiger partial charge on any atom is 0.181 e. The first-order valence-electron chi connectivity index (χ1n) is 5.69. The minimum absolute atomic E-state index is 0.707. The van der Waals surface area contributed by atoms with Crippen LogP contribution in [-0.2, 0) is 6.42 Å². The molecule has 88 valence electrons. The second-order valence-electron chi connectivity index (χ2n) is 4.34. The molecular formula is C12H13BrN4. The number of hydrogen-bond acceptors (Lipinski definition) is 3. The van der Waals surface area contributed by atoms with Gasteiger partial charge in [0.2, 0.25) is 0 Å². The fourth-order valence-corrected chi connectivity index (χ4v) is 2.31. The zero-order chi connectivity index (χ0) is 11.7. The second kappa shape index (κ2) is 4.58. The molecule has 3 rings (SSSR count). The van der Waals surface area contributed by atoms with Crippen molar-refractivity contribution < 1.29 is 0 Å². The first kappa shape index (κ1) is 10.9. The van der Waals surface area contributed by atoms with E-state index in [1.165, 1.54) is 0 Å². The van der Waals surface area contributed by atoms with Crippen LogP contribution in [0.2, 0.25) is 0 Å². The molecule has 0 saturated carbocycles. The Bertz CT molecular complexity index is 519. The second-order valence-corrected chi connectivity index (χ2v) is 5.26. The molecule has 0 atom stereocenters. The molecule has 0 bridgehead atoms. The van der Waals surface area contributed by atoms with Gasteiger partial charge in [-0.1, -0.05) is 28.1 Å².